The Morgan fingerprint density at radius 3 is 2.31 bits per heavy atom. The van der Waals surface area contributed by atoms with E-state index in [1.54, 1.807) is 13.2 Å². The first kappa shape index (κ1) is 23.4. The molecule has 0 unspecified atom stereocenters. The number of halogens is 2. The molecular weight excluding hydrogens is 445 g/mol. The van der Waals surface area contributed by atoms with Crippen LogP contribution in [0.5, 0.6) is 5.75 Å². The average molecular weight is 476 g/mol. The van der Waals surface area contributed by atoms with Gasteiger partial charge < -0.3 is 19.9 Å². The van der Waals surface area contributed by atoms with Crippen molar-refractivity contribution in [3.63, 3.8) is 0 Å². The van der Waals surface area contributed by atoms with E-state index < -0.39 is 0 Å². The zero-order valence-electron chi connectivity index (χ0n) is 18.7. The van der Waals surface area contributed by atoms with Crippen molar-refractivity contribution in [3.05, 3.63) is 63.6 Å². The molecule has 1 saturated carbocycles. The van der Waals surface area contributed by atoms with E-state index in [-0.39, 0.29) is 23.8 Å². The number of likely N-dealkylation sites (N-methyl/N-ethyl adjacent to an activating group) is 1. The van der Waals surface area contributed by atoms with Crippen molar-refractivity contribution >= 4 is 29.1 Å². The molecule has 1 heterocycles. The molecule has 0 radical (unpaired) electrons. The Morgan fingerprint density at radius 2 is 1.69 bits per heavy atom. The lowest BCUT2D eigenvalue weighted by molar-refractivity contribution is -0.137. The van der Waals surface area contributed by atoms with Gasteiger partial charge in [0, 0.05) is 54.7 Å². The Morgan fingerprint density at radius 1 is 1.03 bits per heavy atom. The van der Waals surface area contributed by atoms with Crippen molar-refractivity contribution in [1.82, 2.24) is 15.1 Å². The summed E-state index contributed by atoms with van der Waals surface area (Å²) in [7, 11) is 3.78. The summed E-state index contributed by atoms with van der Waals surface area (Å²) in [5.74, 6) is 1.29. The van der Waals surface area contributed by atoms with Gasteiger partial charge in [-0.2, -0.15) is 0 Å². The molecule has 1 N–H and O–H groups in total. The van der Waals surface area contributed by atoms with Gasteiger partial charge in [-0.25, -0.2) is 0 Å². The summed E-state index contributed by atoms with van der Waals surface area (Å²) in [6.45, 7) is 4.15. The summed E-state index contributed by atoms with van der Waals surface area (Å²) in [6.07, 6.45) is 1.75. The van der Waals surface area contributed by atoms with Crippen LogP contribution >= 0.6 is 23.2 Å². The van der Waals surface area contributed by atoms with Crippen molar-refractivity contribution in [3.8, 4) is 5.75 Å². The first-order valence-corrected chi connectivity index (χ1v) is 12.0. The fourth-order valence-electron chi connectivity index (χ4n) is 4.93. The zero-order chi connectivity index (χ0) is 22.7. The summed E-state index contributed by atoms with van der Waals surface area (Å²) in [5.41, 5.74) is 2.26. The predicted octanol–water partition coefficient (Wildman–Crippen LogP) is 4.43. The van der Waals surface area contributed by atoms with Gasteiger partial charge in [0.1, 0.15) is 5.75 Å². The van der Waals surface area contributed by atoms with Gasteiger partial charge in [-0.05, 0) is 67.3 Å². The van der Waals surface area contributed by atoms with Crippen LogP contribution in [0.2, 0.25) is 10.0 Å². The Labute approximate surface area is 200 Å². The van der Waals surface area contributed by atoms with Gasteiger partial charge in [0.05, 0.1) is 7.11 Å². The number of nitrogens with one attached hydrogen (secondary N) is 1. The standard InChI is InChI=1S/C25H31Cl2N3O2/c1-29-7-9-30(10-8-29)25(31)24-15-21(28-16-17-11-19(26)13-20(27)12-17)14-23(24)18-3-5-22(32-2)6-4-18/h3-6,11-13,21,23-24,28H,7-10,14-16H2,1-2H3/t21-,23+,24-/m0/s1. The summed E-state index contributed by atoms with van der Waals surface area (Å²) < 4.78 is 5.33. The third-order valence-corrected chi connectivity index (χ3v) is 7.19. The molecule has 0 spiro atoms. The third kappa shape index (κ3) is 5.57. The summed E-state index contributed by atoms with van der Waals surface area (Å²) in [5, 5.41) is 4.93. The minimum absolute atomic E-state index is 0.0211. The highest BCUT2D eigenvalue weighted by atomic mass is 35.5. The molecular formula is C25H31Cl2N3O2. The van der Waals surface area contributed by atoms with E-state index >= 15 is 0 Å². The smallest absolute Gasteiger partial charge is 0.226 e. The minimum Gasteiger partial charge on any atom is -0.497 e. The molecule has 0 aromatic heterocycles. The summed E-state index contributed by atoms with van der Waals surface area (Å²) in [4.78, 5) is 17.9. The number of benzene rings is 2. The number of nitrogens with zero attached hydrogens (tertiary/aromatic N) is 2. The maximum absolute atomic E-state index is 13.5. The maximum atomic E-state index is 13.5. The molecule has 1 aliphatic carbocycles. The first-order valence-electron chi connectivity index (χ1n) is 11.2. The van der Waals surface area contributed by atoms with Gasteiger partial charge in [0.25, 0.3) is 0 Å². The van der Waals surface area contributed by atoms with E-state index in [4.69, 9.17) is 27.9 Å². The van der Waals surface area contributed by atoms with Crippen LogP contribution in [0.1, 0.15) is 29.9 Å². The zero-order valence-corrected chi connectivity index (χ0v) is 20.2. The Hall–Kier alpha value is -1.79. The molecule has 4 rings (SSSR count). The molecule has 5 nitrogen and oxygen atoms in total. The van der Waals surface area contributed by atoms with Crippen molar-refractivity contribution in [2.45, 2.75) is 31.3 Å². The van der Waals surface area contributed by atoms with Crippen molar-refractivity contribution in [1.29, 1.82) is 0 Å². The van der Waals surface area contributed by atoms with E-state index in [2.05, 4.69) is 34.3 Å². The second-order valence-electron chi connectivity index (χ2n) is 8.94. The van der Waals surface area contributed by atoms with Crippen LogP contribution in [0.3, 0.4) is 0 Å². The van der Waals surface area contributed by atoms with Gasteiger partial charge in [-0.15, -0.1) is 0 Å². The molecule has 172 valence electrons. The van der Waals surface area contributed by atoms with Crippen LogP contribution in [0, 0.1) is 5.92 Å². The fourth-order valence-corrected chi connectivity index (χ4v) is 5.50. The number of hydrogen-bond acceptors (Lipinski definition) is 4. The number of amides is 1. The number of carbonyl (C=O) groups is 1. The SMILES string of the molecule is COc1ccc([C@H]2C[C@H](NCc3cc(Cl)cc(Cl)c3)C[C@@H]2C(=O)N2CCN(C)CC2)cc1. The van der Waals surface area contributed by atoms with E-state index in [1.165, 1.54) is 5.56 Å². The molecule has 2 fully saturated rings. The summed E-state index contributed by atoms with van der Waals surface area (Å²) >= 11 is 12.3. The Kier molecular flexibility index (Phi) is 7.62. The molecule has 3 atom stereocenters. The first-order chi connectivity index (χ1) is 15.4. The average Bonchev–Trinajstić information content (AvgIpc) is 3.21. The summed E-state index contributed by atoms with van der Waals surface area (Å²) in [6, 6.07) is 14.0. The van der Waals surface area contributed by atoms with E-state index in [0.717, 1.165) is 50.3 Å². The van der Waals surface area contributed by atoms with E-state index in [1.807, 2.05) is 24.3 Å². The van der Waals surface area contributed by atoms with Crippen LogP contribution in [0.25, 0.3) is 0 Å². The van der Waals surface area contributed by atoms with E-state index in [9.17, 15) is 4.79 Å². The Balaban J connectivity index is 1.49. The van der Waals surface area contributed by atoms with Crippen LogP contribution in [-0.2, 0) is 11.3 Å². The van der Waals surface area contributed by atoms with Crippen LogP contribution in [-0.4, -0.2) is 62.1 Å². The lowest BCUT2D eigenvalue weighted by Crippen LogP contribution is -2.49. The molecule has 0 bridgehead atoms. The molecule has 32 heavy (non-hydrogen) atoms. The van der Waals surface area contributed by atoms with Gasteiger partial charge >= 0.3 is 0 Å². The molecule has 2 aromatic carbocycles. The van der Waals surface area contributed by atoms with Crippen molar-refractivity contribution in [2.24, 2.45) is 5.92 Å². The van der Waals surface area contributed by atoms with Gasteiger partial charge in [-0.3, -0.25) is 4.79 Å². The van der Waals surface area contributed by atoms with Crippen LogP contribution in [0.4, 0.5) is 0 Å². The van der Waals surface area contributed by atoms with Crippen LogP contribution < -0.4 is 10.1 Å². The monoisotopic (exact) mass is 475 g/mol. The third-order valence-electron chi connectivity index (χ3n) is 6.76. The lowest BCUT2D eigenvalue weighted by atomic mass is 9.87. The molecule has 1 amide bonds. The second kappa shape index (κ2) is 10.4. The molecule has 1 aliphatic heterocycles. The highest BCUT2D eigenvalue weighted by Gasteiger charge is 2.41. The number of methoxy groups -OCH3 is 1. The fraction of sp³-hybridized carbons (Fsp3) is 0.480. The number of carbonyl (C=O) groups excluding carboxylic acids is 1. The largest absolute Gasteiger partial charge is 0.497 e. The highest BCUT2D eigenvalue weighted by Crippen LogP contribution is 2.41. The topological polar surface area (TPSA) is 44.8 Å². The van der Waals surface area contributed by atoms with Gasteiger partial charge in [0.2, 0.25) is 5.91 Å². The molecule has 2 aromatic rings. The predicted molar refractivity (Wildman–Crippen MR) is 130 cm³/mol. The van der Waals surface area contributed by atoms with Crippen molar-refractivity contribution in [2.75, 3.05) is 40.3 Å². The molecule has 7 heteroatoms. The Bertz CT molecular complexity index is 909. The van der Waals surface area contributed by atoms with Crippen molar-refractivity contribution < 1.29 is 9.53 Å². The second-order valence-corrected chi connectivity index (χ2v) is 9.81. The highest BCUT2D eigenvalue weighted by molar-refractivity contribution is 6.34. The number of hydrogen-bond donors (Lipinski definition) is 1. The van der Waals surface area contributed by atoms with Gasteiger partial charge in [-0.1, -0.05) is 35.3 Å². The molecule has 1 saturated heterocycles. The number of ether oxygens (including phenoxy) is 1. The van der Waals surface area contributed by atoms with E-state index in [0.29, 0.717) is 16.6 Å². The van der Waals surface area contributed by atoms with Crippen LogP contribution in [0.15, 0.2) is 42.5 Å². The quantitative estimate of drug-likeness (QED) is 0.670. The molecule has 2 aliphatic rings. The number of piperazine rings is 1. The number of rotatable bonds is 6. The lowest BCUT2D eigenvalue weighted by Gasteiger charge is -2.35. The maximum Gasteiger partial charge on any atom is 0.226 e. The minimum atomic E-state index is -0.0211. The van der Waals surface area contributed by atoms with Gasteiger partial charge in [0.15, 0.2) is 0 Å². The normalized spacial score (nSPS) is 24.0.